The quantitative estimate of drug-likeness (QED) is 0.317. The molecular formula is C29H33BrFN3O4S. The Kier molecular flexibility index (Phi) is 10.7. The van der Waals surface area contributed by atoms with Gasteiger partial charge in [-0.05, 0) is 53.4 Å². The maximum absolute atomic E-state index is 13.9. The van der Waals surface area contributed by atoms with Gasteiger partial charge in [-0.2, -0.15) is 0 Å². The van der Waals surface area contributed by atoms with E-state index in [0.29, 0.717) is 17.8 Å². The fourth-order valence-electron chi connectivity index (χ4n) is 3.98. The summed E-state index contributed by atoms with van der Waals surface area (Å²) in [6, 6.07) is 20.6. The first-order chi connectivity index (χ1) is 18.4. The second kappa shape index (κ2) is 13.7. The molecule has 0 unspecified atom stereocenters. The van der Waals surface area contributed by atoms with Crippen molar-refractivity contribution in [1.82, 2.24) is 10.2 Å². The van der Waals surface area contributed by atoms with Gasteiger partial charge in [-0.3, -0.25) is 13.9 Å². The molecule has 0 saturated carbocycles. The summed E-state index contributed by atoms with van der Waals surface area (Å²) < 4.78 is 40.9. The lowest BCUT2D eigenvalue weighted by molar-refractivity contribution is -0.140. The zero-order chi connectivity index (χ0) is 28.6. The second-order valence-corrected chi connectivity index (χ2v) is 12.6. The van der Waals surface area contributed by atoms with Gasteiger partial charge < -0.3 is 10.2 Å². The van der Waals surface area contributed by atoms with E-state index >= 15 is 0 Å². The number of rotatable bonds is 12. The van der Waals surface area contributed by atoms with Gasteiger partial charge in [-0.15, -0.1) is 0 Å². The van der Waals surface area contributed by atoms with Crippen molar-refractivity contribution in [2.45, 2.75) is 32.9 Å². The molecule has 3 aromatic carbocycles. The first-order valence-corrected chi connectivity index (χ1v) is 15.2. The van der Waals surface area contributed by atoms with Crippen LogP contribution in [-0.2, 0) is 32.6 Å². The van der Waals surface area contributed by atoms with Gasteiger partial charge in [0.25, 0.3) is 0 Å². The highest BCUT2D eigenvalue weighted by atomic mass is 79.9. The topological polar surface area (TPSA) is 86.8 Å². The van der Waals surface area contributed by atoms with Crippen LogP contribution in [0.3, 0.4) is 0 Å². The van der Waals surface area contributed by atoms with Gasteiger partial charge in [0.2, 0.25) is 21.8 Å². The molecule has 3 rings (SSSR count). The van der Waals surface area contributed by atoms with Crippen LogP contribution in [-0.4, -0.2) is 50.5 Å². The largest absolute Gasteiger partial charge is 0.354 e. The van der Waals surface area contributed by atoms with Crippen molar-refractivity contribution in [2.24, 2.45) is 5.92 Å². The van der Waals surface area contributed by atoms with Crippen LogP contribution in [0.2, 0.25) is 0 Å². The number of anilines is 1. The molecule has 0 aliphatic heterocycles. The van der Waals surface area contributed by atoms with Gasteiger partial charge in [0.1, 0.15) is 18.4 Å². The summed E-state index contributed by atoms with van der Waals surface area (Å²) in [5.74, 6) is -1.15. The van der Waals surface area contributed by atoms with Crippen LogP contribution in [0.25, 0.3) is 0 Å². The van der Waals surface area contributed by atoms with Crippen LogP contribution in [0.15, 0.2) is 83.3 Å². The van der Waals surface area contributed by atoms with E-state index in [-0.39, 0.29) is 24.8 Å². The molecule has 1 atom stereocenters. The number of benzene rings is 3. The number of sulfonamides is 1. The molecule has 0 aromatic heterocycles. The number of hydrogen-bond acceptors (Lipinski definition) is 4. The molecule has 39 heavy (non-hydrogen) atoms. The molecule has 0 aliphatic carbocycles. The van der Waals surface area contributed by atoms with Gasteiger partial charge in [-0.25, -0.2) is 12.8 Å². The molecule has 0 saturated heterocycles. The minimum absolute atomic E-state index is 0.0103. The van der Waals surface area contributed by atoms with E-state index in [2.05, 4.69) is 21.2 Å². The van der Waals surface area contributed by atoms with E-state index in [1.807, 2.05) is 44.2 Å². The Balaban J connectivity index is 2.03. The third kappa shape index (κ3) is 9.18. The zero-order valence-corrected chi connectivity index (χ0v) is 24.6. The molecule has 2 amide bonds. The average molecular weight is 619 g/mol. The molecule has 0 fully saturated rings. The first-order valence-electron chi connectivity index (χ1n) is 12.5. The van der Waals surface area contributed by atoms with E-state index < -0.39 is 34.3 Å². The van der Waals surface area contributed by atoms with E-state index in [0.717, 1.165) is 20.6 Å². The molecule has 0 radical (unpaired) electrons. The number of carbonyl (C=O) groups excluding carboxylic acids is 2. The third-order valence-corrected chi connectivity index (χ3v) is 7.68. The highest BCUT2D eigenvalue weighted by Crippen LogP contribution is 2.22. The minimum Gasteiger partial charge on any atom is -0.354 e. The standard InChI is InChI=1S/C29H33BrFN3O4S/c1-21(2)18-32-29(36)27(17-22-7-5-4-6-8-22)33(19-23-9-13-25(31)14-10-23)28(35)20-34(39(3,37)38)26-15-11-24(30)12-16-26/h4-16,21,27H,17-20H2,1-3H3,(H,32,36)/t27-/m0/s1. The number of nitrogens with zero attached hydrogens (tertiary/aromatic N) is 2. The Hall–Kier alpha value is -3.24. The van der Waals surface area contributed by atoms with Crippen molar-refractivity contribution >= 4 is 43.5 Å². The molecule has 0 bridgehead atoms. The molecule has 0 heterocycles. The van der Waals surface area contributed by atoms with E-state index in [4.69, 9.17) is 0 Å². The summed E-state index contributed by atoms with van der Waals surface area (Å²) in [5.41, 5.74) is 1.76. The number of amides is 2. The lowest BCUT2D eigenvalue weighted by atomic mass is 10.0. The van der Waals surface area contributed by atoms with Crippen molar-refractivity contribution in [3.8, 4) is 0 Å². The number of carbonyl (C=O) groups is 2. The minimum atomic E-state index is -3.84. The maximum Gasteiger partial charge on any atom is 0.244 e. The molecule has 7 nitrogen and oxygen atoms in total. The summed E-state index contributed by atoms with van der Waals surface area (Å²) in [5, 5.41) is 2.92. The van der Waals surface area contributed by atoms with Crippen LogP contribution in [0.5, 0.6) is 0 Å². The molecule has 0 aliphatic rings. The van der Waals surface area contributed by atoms with Gasteiger partial charge in [0.15, 0.2) is 0 Å². The summed E-state index contributed by atoms with van der Waals surface area (Å²) in [6.07, 6.45) is 1.25. The number of nitrogens with one attached hydrogen (secondary N) is 1. The molecule has 3 aromatic rings. The van der Waals surface area contributed by atoms with Crippen molar-refractivity contribution in [2.75, 3.05) is 23.7 Å². The van der Waals surface area contributed by atoms with Crippen LogP contribution < -0.4 is 9.62 Å². The van der Waals surface area contributed by atoms with Crippen LogP contribution in [0.1, 0.15) is 25.0 Å². The van der Waals surface area contributed by atoms with E-state index in [9.17, 15) is 22.4 Å². The zero-order valence-electron chi connectivity index (χ0n) is 22.2. The van der Waals surface area contributed by atoms with Crippen LogP contribution >= 0.6 is 15.9 Å². The summed E-state index contributed by atoms with van der Waals surface area (Å²) in [4.78, 5) is 28.9. The van der Waals surface area contributed by atoms with Gasteiger partial charge in [0, 0.05) is 24.0 Å². The Morgan fingerprint density at radius 2 is 1.54 bits per heavy atom. The highest BCUT2D eigenvalue weighted by molar-refractivity contribution is 9.10. The Labute approximate surface area is 238 Å². The first kappa shape index (κ1) is 30.3. The van der Waals surface area contributed by atoms with Gasteiger partial charge in [-0.1, -0.05) is 72.2 Å². The molecule has 10 heteroatoms. The molecule has 1 N–H and O–H groups in total. The molecule has 208 valence electrons. The number of halogens is 2. The SMILES string of the molecule is CC(C)CNC(=O)[C@H](Cc1ccccc1)N(Cc1ccc(F)cc1)C(=O)CN(c1ccc(Br)cc1)S(C)(=O)=O. The molecule has 0 spiro atoms. The van der Waals surface area contributed by atoms with Crippen molar-refractivity contribution in [3.05, 3.63) is 100 Å². The Morgan fingerprint density at radius 1 is 0.923 bits per heavy atom. The maximum atomic E-state index is 13.9. The lowest BCUT2D eigenvalue weighted by Crippen LogP contribution is -2.53. The van der Waals surface area contributed by atoms with Crippen LogP contribution in [0.4, 0.5) is 10.1 Å². The van der Waals surface area contributed by atoms with Crippen molar-refractivity contribution in [3.63, 3.8) is 0 Å². The summed E-state index contributed by atoms with van der Waals surface area (Å²) >= 11 is 3.34. The second-order valence-electron chi connectivity index (χ2n) is 9.74. The van der Waals surface area contributed by atoms with Gasteiger partial charge in [0.05, 0.1) is 11.9 Å². The van der Waals surface area contributed by atoms with Crippen molar-refractivity contribution < 1.29 is 22.4 Å². The summed E-state index contributed by atoms with van der Waals surface area (Å²) in [6.45, 7) is 3.83. The predicted octanol–water partition coefficient (Wildman–Crippen LogP) is 4.77. The average Bonchev–Trinajstić information content (AvgIpc) is 2.89. The molecular weight excluding hydrogens is 585 g/mol. The Morgan fingerprint density at radius 3 is 2.10 bits per heavy atom. The predicted molar refractivity (Wildman–Crippen MR) is 155 cm³/mol. The normalized spacial score (nSPS) is 12.2. The monoisotopic (exact) mass is 617 g/mol. The smallest absolute Gasteiger partial charge is 0.244 e. The van der Waals surface area contributed by atoms with Gasteiger partial charge >= 0.3 is 0 Å². The lowest BCUT2D eigenvalue weighted by Gasteiger charge is -2.33. The fourth-order valence-corrected chi connectivity index (χ4v) is 5.10. The fraction of sp³-hybridized carbons (Fsp3) is 0.310. The van der Waals surface area contributed by atoms with E-state index in [1.165, 1.54) is 17.0 Å². The highest BCUT2D eigenvalue weighted by Gasteiger charge is 2.33. The van der Waals surface area contributed by atoms with Crippen LogP contribution in [0, 0.1) is 11.7 Å². The number of hydrogen-bond donors (Lipinski definition) is 1. The Bertz CT molecular complexity index is 1350. The van der Waals surface area contributed by atoms with E-state index in [1.54, 1.807) is 36.4 Å². The van der Waals surface area contributed by atoms with Crippen molar-refractivity contribution in [1.29, 1.82) is 0 Å². The summed E-state index contributed by atoms with van der Waals surface area (Å²) in [7, 11) is -3.84. The third-order valence-electron chi connectivity index (χ3n) is 6.02.